The summed E-state index contributed by atoms with van der Waals surface area (Å²) in [6.07, 6.45) is 2.72. The van der Waals surface area contributed by atoms with E-state index in [1.54, 1.807) is 0 Å². The molecule has 1 aliphatic heterocycles. The molecular weight excluding hydrogens is 168 g/mol. The third-order valence-electron chi connectivity index (χ3n) is 2.11. The summed E-state index contributed by atoms with van der Waals surface area (Å²) in [5.41, 5.74) is 0. The number of amides is 1. The molecule has 0 aliphatic carbocycles. The Bertz CT molecular complexity index is 156. The summed E-state index contributed by atoms with van der Waals surface area (Å²) in [5.74, 6) is 0. The van der Waals surface area contributed by atoms with Gasteiger partial charge in [-0.05, 0) is 19.4 Å². The largest absolute Gasteiger partial charge is 0.450 e. The third kappa shape index (κ3) is 4.12. The highest BCUT2D eigenvalue weighted by atomic mass is 16.5. The van der Waals surface area contributed by atoms with Crippen LogP contribution in [0.3, 0.4) is 0 Å². The highest BCUT2D eigenvalue weighted by Crippen LogP contribution is 1.97. The summed E-state index contributed by atoms with van der Waals surface area (Å²) in [6, 6.07) is 0.258. The van der Waals surface area contributed by atoms with Crippen LogP contribution in [0.25, 0.3) is 0 Å². The number of rotatable bonds is 4. The topological polar surface area (TPSA) is 50.4 Å². The highest BCUT2D eigenvalue weighted by Gasteiger charge is 2.16. The summed E-state index contributed by atoms with van der Waals surface area (Å²) in [7, 11) is 0. The number of hydrogen-bond acceptors (Lipinski definition) is 3. The van der Waals surface area contributed by atoms with Crippen molar-refractivity contribution in [3.05, 3.63) is 0 Å². The summed E-state index contributed by atoms with van der Waals surface area (Å²) in [6.45, 7) is 4.45. The Balaban J connectivity index is 2.02. The van der Waals surface area contributed by atoms with Gasteiger partial charge in [-0.1, -0.05) is 13.3 Å². The summed E-state index contributed by atoms with van der Waals surface area (Å²) >= 11 is 0. The number of carbonyl (C=O) groups excluding carboxylic acids is 1. The summed E-state index contributed by atoms with van der Waals surface area (Å²) in [5, 5.41) is 5.99. The van der Waals surface area contributed by atoms with Gasteiger partial charge in [-0.2, -0.15) is 0 Å². The normalized spacial score (nSPS) is 21.5. The summed E-state index contributed by atoms with van der Waals surface area (Å²) in [4.78, 5) is 11.1. The van der Waals surface area contributed by atoms with Crippen LogP contribution in [0.5, 0.6) is 0 Å². The van der Waals surface area contributed by atoms with Crippen molar-refractivity contribution in [2.75, 3.05) is 19.7 Å². The average Bonchev–Trinajstić information content (AvgIpc) is 2.57. The van der Waals surface area contributed by atoms with Crippen LogP contribution in [-0.2, 0) is 4.74 Å². The molecule has 1 heterocycles. The van der Waals surface area contributed by atoms with Gasteiger partial charge in [0, 0.05) is 12.6 Å². The smallest absolute Gasteiger partial charge is 0.407 e. The molecule has 1 saturated heterocycles. The van der Waals surface area contributed by atoms with E-state index in [9.17, 15) is 4.79 Å². The Morgan fingerprint density at radius 1 is 1.69 bits per heavy atom. The Kier molecular flexibility index (Phi) is 4.60. The molecule has 1 atom stereocenters. The number of hydrogen-bond donors (Lipinski definition) is 2. The van der Waals surface area contributed by atoms with Crippen LogP contribution in [0.4, 0.5) is 4.79 Å². The van der Waals surface area contributed by atoms with Gasteiger partial charge in [0.1, 0.15) is 0 Å². The number of nitrogens with one attached hydrogen (secondary N) is 2. The Labute approximate surface area is 79.0 Å². The Morgan fingerprint density at radius 2 is 2.54 bits per heavy atom. The van der Waals surface area contributed by atoms with Gasteiger partial charge in [0.15, 0.2) is 0 Å². The standard InChI is InChI=1S/C9H18N2O2/c1-2-3-6-13-9(12)11-8-4-5-10-7-8/h8,10H,2-7H2,1H3,(H,11,12)/t8-/m1/s1. The van der Waals surface area contributed by atoms with Gasteiger partial charge >= 0.3 is 6.09 Å². The van der Waals surface area contributed by atoms with E-state index in [2.05, 4.69) is 17.6 Å². The van der Waals surface area contributed by atoms with E-state index in [0.717, 1.165) is 32.4 Å². The molecule has 76 valence electrons. The molecule has 0 radical (unpaired) electrons. The van der Waals surface area contributed by atoms with Crippen molar-refractivity contribution >= 4 is 6.09 Å². The highest BCUT2D eigenvalue weighted by molar-refractivity contribution is 5.67. The third-order valence-corrected chi connectivity index (χ3v) is 2.11. The molecule has 0 unspecified atom stereocenters. The lowest BCUT2D eigenvalue weighted by Crippen LogP contribution is -2.36. The first kappa shape index (κ1) is 10.3. The Hall–Kier alpha value is -0.770. The maximum absolute atomic E-state index is 11.1. The van der Waals surface area contributed by atoms with Gasteiger partial charge in [0.2, 0.25) is 0 Å². The molecule has 2 N–H and O–H groups in total. The predicted molar refractivity (Wildman–Crippen MR) is 50.7 cm³/mol. The van der Waals surface area contributed by atoms with Crippen molar-refractivity contribution in [1.82, 2.24) is 10.6 Å². The van der Waals surface area contributed by atoms with E-state index >= 15 is 0 Å². The maximum Gasteiger partial charge on any atom is 0.407 e. The van der Waals surface area contributed by atoms with Crippen LogP contribution in [0.1, 0.15) is 26.2 Å². The lowest BCUT2D eigenvalue weighted by Gasteiger charge is -2.11. The van der Waals surface area contributed by atoms with E-state index in [-0.39, 0.29) is 12.1 Å². The molecule has 1 aliphatic rings. The van der Waals surface area contributed by atoms with Crippen molar-refractivity contribution in [2.45, 2.75) is 32.2 Å². The SMILES string of the molecule is CCCCOC(=O)N[C@@H]1CCNC1. The second-order valence-electron chi connectivity index (χ2n) is 3.32. The van der Waals surface area contributed by atoms with Gasteiger partial charge in [0.25, 0.3) is 0 Å². The molecule has 4 heteroatoms. The van der Waals surface area contributed by atoms with Crippen LogP contribution >= 0.6 is 0 Å². The van der Waals surface area contributed by atoms with Gasteiger partial charge in [-0.15, -0.1) is 0 Å². The molecule has 4 nitrogen and oxygen atoms in total. The molecule has 1 amide bonds. The first-order valence-electron chi connectivity index (χ1n) is 4.97. The van der Waals surface area contributed by atoms with E-state index in [1.165, 1.54) is 0 Å². The number of carbonyl (C=O) groups is 1. The maximum atomic E-state index is 11.1. The van der Waals surface area contributed by atoms with Crippen LogP contribution < -0.4 is 10.6 Å². The fourth-order valence-corrected chi connectivity index (χ4v) is 1.30. The van der Waals surface area contributed by atoms with Crippen molar-refractivity contribution in [3.8, 4) is 0 Å². The van der Waals surface area contributed by atoms with Crippen molar-refractivity contribution in [2.24, 2.45) is 0 Å². The zero-order valence-electron chi connectivity index (χ0n) is 8.14. The van der Waals surface area contributed by atoms with E-state index < -0.39 is 0 Å². The molecule has 0 bridgehead atoms. The van der Waals surface area contributed by atoms with E-state index in [4.69, 9.17) is 4.74 Å². The molecular formula is C9H18N2O2. The van der Waals surface area contributed by atoms with E-state index in [0.29, 0.717) is 6.61 Å². The van der Waals surface area contributed by atoms with Gasteiger partial charge in [-0.25, -0.2) is 4.79 Å². The minimum absolute atomic E-state index is 0.258. The number of ether oxygens (including phenoxy) is 1. The molecule has 0 saturated carbocycles. The van der Waals surface area contributed by atoms with Gasteiger partial charge in [-0.3, -0.25) is 0 Å². The van der Waals surface area contributed by atoms with Crippen molar-refractivity contribution < 1.29 is 9.53 Å². The number of alkyl carbamates (subject to hydrolysis) is 1. The molecule has 0 aromatic rings. The van der Waals surface area contributed by atoms with Crippen LogP contribution in [0.2, 0.25) is 0 Å². The van der Waals surface area contributed by atoms with Crippen LogP contribution in [0, 0.1) is 0 Å². The first-order valence-corrected chi connectivity index (χ1v) is 4.97. The van der Waals surface area contributed by atoms with Crippen LogP contribution in [-0.4, -0.2) is 31.8 Å². The average molecular weight is 186 g/mol. The van der Waals surface area contributed by atoms with E-state index in [1.807, 2.05) is 0 Å². The minimum Gasteiger partial charge on any atom is -0.450 e. The van der Waals surface area contributed by atoms with Crippen molar-refractivity contribution in [1.29, 1.82) is 0 Å². The van der Waals surface area contributed by atoms with Crippen molar-refractivity contribution in [3.63, 3.8) is 0 Å². The zero-order valence-corrected chi connectivity index (χ0v) is 8.14. The van der Waals surface area contributed by atoms with Crippen LogP contribution in [0.15, 0.2) is 0 Å². The monoisotopic (exact) mass is 186 g/mol. The molecule has 1 fully saturated rings. The summed E-state index contributed by atoms with van der Waals surface area (Å²) < 4.78 is 4.97. The fraction of sp³-hybridized carbons (Fsp3) is 0.889. The molecule has 0 aromatic heterocycles. The second-order valence-corrected chi connectivity index (χ2v) is 3.32. The Morgan fingerprint density at radius 3 is 3.15 bits per heavy atom. The predicted octanol–water partition coefficient (Wildman–Crippen LogP) is 0.875. The van der Waals surface area contributed by atoms with Gasteiger partial charge < -0.3 is 15.4 Å². The zero-order chi connectivity index (χ0) is 9.52. The number of unbranched alkanes of at least 4 members (excludes halogenated alkanes) is 1. The molecule has 13 heavy (non-hydrogen) atoms. The minimum atomic E-state index is -0.276. The second kappa shape index (κ2) is 5.80. The fourth-order valence-electron chi connectivity index (χ4n) is 1.30. The molecule has 0 aromatic carbocycles. The molecule has 0 spiro atoms. The lowest BCUT2D eigenvalue weighted by molar-refractivity contribution is 0.141. The quantitative estimate of drug-likeness (QED) is 0.641. The lowest BCUT2D eigenvalue weighted by atomic mass is 10.3. The van der Waals surface area contributed by atoms with Gasteiger partial charge in [0.05, 0.1) is 6.61 Å². The first-order chi connectivity index (χ1) is 6.33. The molecule has 1 rings (SSSR count).